The smallest absolute Gasteiger partial charge is 0.416 e. The van der Waals surface area contributed by atoms with Crippen LogP contribution < -0.4 is 9.80 Å². The molecule has 4 fully saturated rings. The molecule has 2 spiro atoms. The Kier molecular flexibility index (Phi) is 2.92. The molecular formula is C18H21N3O4. The van der Waals surface area contributed by atoms with E-state index >= 15 is 0 Å². The summed E-state index contributed by atoms with van der Waals surface area (Å²) < 4.78 is 5.21. The van der Waals surface area contributed by atoms with Crippen molar-refractivity contribution in [3.05, 3.63) is 17.7 Å². The fourth-order valence-electron chi connectivity index (χ4n) is 4.21. The maximum Gasteiger partial charge on any atom is 0.416 e. The van der Waals surface area contributed by atoms with Gasteiger partial charge in [-0.2, -0.15) is 0 Å². The third-order valence-electron chi connectivity index (χ3n) is 6.35. The molecule has 2 aliphatic heterocycles. The minimum absolute atomic E-state index is 0.202. The monoisotopic (exact) mass is 343 g/mol. The molecule has 3 heterocycles. The Labute approximate surface area is 145 Å². The number of anilines is 2. The Morgan fingerprint density at radius 1 is 1.12 bits per heavy atom. The second-order valence-electron chi connectivity index (χ2n) is 7.95. The fourth-order valence-corrected chi connectivity index (χ4v) is 4.21. The standard InChI is InChI=1S/C18H21N3O4/c22-15(23)12-1-2-13(21-16(24)25-11-18(21)5-6-18)19-14(12)20-9-7-17(3-4-17)8-10-20/h1-2H,3-11H2,(H,22,23). The molecule has 1 amide bonds. The highest BCUT2D eigenvalue weighted by molar-refractivity contribution is 5.96. The fraction of sp³-hybridized carbons (Fsp3) is 0.611. The third kappa shape index (κ3) is 2.28. The number of hydrogen-bond acceptors (Lipinski definition) is 5. The van der Waals surface area contributed by atoms with Crippen LogP contribution in [0.15, 0.2) is 12.1 Å². The zero-order chi connectivity index (χ0) is 17.2. The van der Waals surface area contributed by atoms with Gasteiger partial charge in [-0.1, -0.05) is 0 Å². The summed E-state index contributed by atoms with van der Waals surface area (Å²) in [6, 6.07) is 3.20. The van der Waals surface area contributed by atoms with Gasteiger partial charge in [-0.05, 0) is 56.1 Å². The van der Waals surface area contributed by atoms with Crippen molar-refractivity contribution >= 4 is 23.7 Å². The Hall–Kier alpha value is -2.31. The van der Waals surface area contributed by atoms with Crippen LogP contribution in [-0.4, -0.2) is 47.4 Å². The number of carboxylic acid groups (broad SMARTS) is 1. The lowest BCUT2D eigenvalue weighted by atomic mass is 9.93. The maximum atomic E-state index is 12.2. The van der Waals surface area contributed by atoms with Crippen molar-refractivity contribution in [1.82, 2.24) is 4.98 Å². The summed E-state index contributed by atoms with van der Waals surface area (Å²) in [6.45, 7) is 2.05. The Morgan fingerprint density at radius 2 is 1.84 bits per heavy atom. The average Bonchev–Trinajstić information content (AvgIpc) is 3.51. The summed E-state index contributed by atoms with van der Waals surface area (Å²) in [6.07, 6.45) is 6.20. The highest BCUT2D eigenvalue weighted by Gasteiger charge is 2.57. The van der Waals surface area contributed by atoms with Gasteiger partial charge in [-0.3, -0.25) is 4.90 Å². The Bertz CT molecular complexity index is 760. The third-order valence-corrected chi connectivity index (χ3v) is 6.35. The minimum Gasteiger partial charge on any atom is -0.478 e. The first-order valence-corrected chi connectivity index (χ1v) is 8.98. The number of carbonyl (C=O) groups is 2. The van der Waals surface area contributed by atoms with Crippen molar-refractivity contribution in [2.45, 2.75) is 44.1 Å². The van der Waals surface area contributed by atoms with Crippen LogP contribution in [-0.2, 0) is 4.74 Å². The summed E-state index contributed by atoms with van der Waals surface area (Å²) in [5.41, 5.74) is 0.452. The Balaban J connectivity index is 1.50. The van der Waals surface area contributed by atoms with E-state index < -0.39 is 5.97 Å². The van der Waals surface area contributed by atoms with Gasteiger partial charge in [0.15, 0.2) is 0 Å². The maximum absolute atomic E-state index is 12.2. The van der Waals surface area contributed by atoms with E-state index in [1.54, 1.807) is 17.0 Å². The number of hydrogen-bond donors (Lipinski definition) is 1. The largest absolute Gasteiger partial charge is 0.478 e. The number of carbonyl (C=O) groups excluding carboxylic acids is 1. The topological polar surface area (TPSA) is 83.0 Å². The van der Waals surface area contributed by atoms with Crippen molar-refractivity contribution in [2.24, 2.45) is 5.41 Å². The zero-order valence-corrected chi connectivity index (χ0v) is 14.0. The lowest BCUT2D eigenvalue weighted by Crippen LogP contribution is -2.38. The quantitative estimate of drug-likeness (QED) is 0.908. The number of nitrogens with zero attached hydrogens (tertiary/aromatic N) is 3. The second kappa shape index (κ2) is 4.86. The summed E-state index contributed by atoms with van der Waals surface area (Å²) in [5, 5.41) is 9.56. The van der Waals surface area contributed by atoms with E-state index in [1.165, 1.54) is 12.8 Å². The van der Waals surface area contributed by atoms with Gasteiger partial charge in [0.25, 0.3) is 0 Å². The van der Waals surface area contributed by atoms with Gasteiger partial charge >= 0.3 is 12.1 Å². The van der Waals surface area contributed by atoms with Crippen molar-refractivity contribution in [1.29, 1.82) is 0 Å². The number of pyridine rings is 1. The summed E-state index contributed by atoms with van der Waals surface area (Å²) >= 11 is 0. The molecule has 1 aromatic rings. The van der Waals surface area contributed by atoms with Crippen LogP contribution in [0.3, 0.4) is 0 Å². The van der Waals surface area contributed by atoms with Crippen LogP contribution in [0.2, 0.25) is 0 Å². The van der Waals surface area contributed by atoms with Gasteiger partial charge in [0.05, 0.1) is 5.54 Å². The van der Waals surface area contributed by atoms with Gasteiger partial charge in [0, 0.05) is 13.1 Å². The van der Waals surface area contributed by atoms with Crippen LogP contribution in [0.4, 0.5) is 16.4 Å². The highest BCUT2D eigenvalue weighted by Crippen LogP contribution is 2.54. The summed E-state index contributed by atoms with van der Waals surface area (Å²) in [4.78, 5) is 32.1. The van der Waals surface area contributed by atoms with Crippen LogP contribution in [0.1, 0.15) is 48.9 Å². The van der Waals surface area contributed by atoms with Gasteiger partial charge in [-0.15, -0.1) is 0 Å². The number of carboxylic acids is 1. The minimum atomic E-state index is -0.981. The average molecular weight is 343 g/mol. The lowest BCUT2D eigenvalue weighted by Gasteiger charge is -2.34. The molecule has 25 heavy (non-hydrogen) atoms. The molecule has 1 aromatic heterocycles. The molecule has 5 rings (SSSR count). The molecule has 0 aromatic carbocycles. The van der Waals surface area contributed by atoms with Crippen molar-refractivity contribution < 1.29 is 19.4 Å². The summed E-state index contributed by atoms with van der Waals surface area (Å²) in [5.74, 6) is 0.00796. The molecule has 2 saturated carbocycles. The van der Waals surface area contributed by atoms with E-state index in [4.69, 9.17) is 4.74 Å². The van der Waals surface area contributed by atoms with Crippen molar-refractivity contribution in [2.75, 3.05) is 29.5 Å². The summed E-state index contributed by atoms with van der Waals surface area (Å²) in [7, 11) is 0. The number of aromatic carboxylic acids is 1. The zero-order valence-electron chi connectivity index (χ0n) is 14.0. The molecule has 2 aliphatic carbocycles. The van der Waals surface area contributed by atoms with Gasteiger partial charge < -0.3 is 14.7 Å². The van der Waals surface area contributed by atoms with E-state index in [1.807, 2.05) is 0 Å². The molecule has 7 nitrogen and oxygen atoms in total. The number of aromatic nitrogens is 1. The Morgan fingerprint density at radius 3 is 2.44 bits per heavy atom. The van der Waals surface area contributed by atoms with Crippen molar-refractivity contribution in [3.63, 3.8) is 0 Å². The number of amides is 1. The van der Waals surface area contributed by atoms with Gasteiger partial charge in [0.1, 0.15) is 23.8 Å². The van der Waals surface area contributed by atoms with E-state index in [-0.39, 0.29) is 17.2 Å². The normalized spacial score (nSPS) is 25.4. The molecule has 0 bridgehead atoms. The molecular weight excluding hydrogens is 322 g/mol. The number of cyclic esters (lactones) is 1. The first-order chi connectivity index (χ1) is 12.0. The van der Waals surface area contributed by atoms with E-state index in [2.05, 4.69) is 9.88 Å². The van der Waals surface area contributed by atoms with Crippen molar-refractivity contribution in [3.8, 4) is 0 Å². The molecule has 0 radical (unpaired) electrons. The molecule has 7 heteroatoms. The predicted octanol–water partition coefficient (Wildman–Crippen LogP) is 2.65. The van der Waals surface area contributed by atoms with Crippen LogP contribution >= 0.6 is 0 Å². The van der Waals surface area contributed by atoms with Crippen LogP contribution in [0.25, 0.3) is 0 Å². The molecule has 0 unspecified atom stereocenters. The second-order valence-corrected chi connectivity index (χ2v) is 7.95. The number of piperidine rings is 1. The van der Waals surface area contributed by atoms with Crippen LogP contribution in [0, 0.1) is 5.41 Å². The molecule has 132 valence electrons. The van der Waals surface area contributed by atoms with Gasteiger partial charge in [0.2, 0.25) is 0 Å². The van der Waals surface area contributed by atoms with Gasteiger partial charge in [-0.25, -0.2) is 14.6 Å². The molecule has 4 aliphatic rings. The highest BCUT2D eigenvalue weighted by atomic mass is 16.6. The van der Waals surface area contributed by atoms with E-state index in [9.17, 15) is 14.7 Å². The first-order valence-electron chi connectivity index (χ1n) is 8.98. The SMILES string of the molecule is O=C(O)c1ccc(N2C(=O)OCC23CC3)nc1N1CCC2(CC1)CC2. The lowest BCUT2D eigenvalue weighted by molar-refractivity contribution is 0.0697. The number of rotatable bonds is 3. The first kappa shape index (κ1) is 15.0. The van der Waals surface area contributed by atoms with Crippen LogP contribution in [0.5, 0.6) is 0 Å². The van der Waals surface area contributed by atoms with E-state index in [0.717, 1.165) is 38.8 Å². The molecule has 2 saturated heterocycles. The predicted molar refractivity (Wildman–Crippen MR) is 90.1 cm³/mol. The number of ether oxygens (including phenoxy) is 1. The van der Waals surface area contributed by atoms with E-state index in [0.29, 0.717) is 23.7 Å². The molecule has 0 atom stereocenters. The molecule has 1 N–H and O–H groups in total.